The predicted octanol–water partition coefficient (Wildman–Crippen LogP) is 2.60. The van der Waals surface area contributed by atoms with E-state index in [1.54, 1.807) is 25.3 Å². The monoisotopic (exact) mass is 335 g/mol. The zero-order chi connectivity index (χ0) is 16.8. The first-order valence-corrected chi connectivity index (χ1v) is 7.65. The molecule has 0 bridgehead atoms. The van der Waals surface area contributed by atoms with Gasteiger partial charge < -0.3 is 14.6 Å². The Bertz CT molecular complexity index is 727. The summed E-state index contributed by atoms with van der Waals surface area (Å²) >= 11 is 0.987. The number of ether oxygens (including phenoxy) is 2. The van der Waals surface area contributed by atoms with Crippen molar-refractivity contribution in [3.05, 3.63) is 34.5 Å². The molecule has 0 aliphatic carbocycles. The first-order valence-electron chi connectivity index (χ1n) is 6.83. The van der Waals surface area contributed by atoms with Crippen molar-refractivity contribution < 1.29 is 19.4 Å². The number of nitrogens with one attached hydrogen (secondary N) is 1. The number of methoxy groups -OCH3 is 2. The number of nitrogens with zero attached hydrogens (tertiary/aromatic N) is 2. The molecule has 0 radical (unpaired) electrons. The number of hydrogen-bond donors (Lipinski definition) is 2. The summed E-state index contributed by atoms with van der Waals surface area (Å²) < 4.78 is 10.4. The fourth-order valence-electron chi connectivity index (χ4n) is 1.81. The standard InChI is InChI=1S/C15H17N3O4S/c1-4-13-16-15(18-17-13)23-12(14(19)20)8-9-5-6-10(21-2)11(7-9)22-3/h5-8H,4H2,1-3H3,(H,19,20)(H,16,17,18)/b12-8-. The van der Waals surface area contributed by atoms with Crippen LogP contribution in [-0.4, -0.2) is 40.5 Å². The molecule has 0 amide bonds. The van der Waals surface area contributed by atoms with Gasteiger partial charge in [0.15, 0.2) is 11.5 Å². The highest BCUT2D eigenvalue weighted by atomic mass is 32.2. The Morgan fingerprint density at radius 3 is 2.65 bits per heavy atom. The number of aliphatic carboxylic acids is 1. The molecule has 1 aromatic heterocycles. The number of aromatic amines is 1. The third-order valence-electron chi connectivity index (χ3n) is 2.96. The molecule has 7 nitrogen and oxygen atoms in total. The number of aromatic nitrogens is 3. The number of H-pyrrole nitrogens is 1. The van der Waals surface area contributed by atoms with E-state index < -0.39 is 5.97 Å². The van der Waals surface area contributed by atoms with Gasteiger partial charge in [0.1, 0.15) is 10.7 Å². The average molecular weight is 335 g/mol. The minimum absolute atomic E-state index is 0.110. The topological polar surface area (TPSA) is 97.3 Å². The molecule has 0 aliphatic heterocycles. The highest BCUT2D eigenvalue weighted by Crippen LogP contribution is 2.31. The Hall–Kier alpha value is -2.48. The molecule has 0 saturated carbocycles. The van der Waals surface area contributed by atoms with Crippen molar-refractivity contribution in [2.45, 2.75) is 18.5 Å². The quantitative estimate of drug-likeness (QED) is 0.593. The van der Waals surface area contributed by atoms with Crippen molar-refractivity contribution in [2.75, 3.05) is 14.2 Å². The average Bonchev–Trinajstić information content (AvgIpc) is 3.01. The van der Waals surface area contributed by atoms with Gasteiger partial charge in [-0.25, -0.2) is 9.78 Å². The minimum Gasteiger partial charge on any atom is -0.493 e. The van der Waals surface area contributed by atoms with E-state index in [4.69, 9.17) is 9.47 Å². The van der Waals surface area contributed by atoms with E-state index in [0.29, 0.717) is 34.5 Å². The third kappa shape index (κ3) is 4.26. The Kier molecular flexibility index (Phi) is 5.64. The highest BCUT2D eigenvalue weighted by Gasteiger charge is 2.14. The van der Waals surface area contributed by atoms with E-state index in [0.717, 1.165) is 11.8 Å². The van der Waals surface area contributed by atoms with Crippen LogP contribution in [0.5, 0.6) is 11.5 Å². The van der Waals surface area contributed by atoms with Crippen molar-refractivity contribution in [2.24, 2.45) is 0 Å². The maximum Gasteiger partial charge on any atom is 0.342 e. The normalized spacial score (nSPS) is 11.3. The summed E-state index contributed by atoms with van der Waals surface area (Å²) in [6.45, 7) is 1.94. The van der Waals surface area contributed by atoms with Gasteiger partial charge in [-0.15, -0.1) is 5.10 Å². The number of aryl methyl sites for hydroxylation is 1. The molecule has 122 valence electrons. The highest BCUT2D eigenvalue weighted by molar-refractivity contribution is 8.04. The molecule has 0 unspecified atom stereocenters. The molecule has 8 heteroatoms. The van der Waals surface area contributed by atoms with E-state index in [-0.39, 0.29) is 4.91 Å². The van der Waals surface area contributed by atoms with Crippen LogP contribution < -0.4 is 9.47 Å². The van der Waals surface area contributed by atoms with E-state index >= 15 is 0 Å². The molecular formula is C15H17N3O4S. The second-order valence-corrected chi connectivity index (χ2v) is 5.46. The van der Waals surface area contributed by atoms with Crippen LogP contribution in [0.15, 0.2) is 28.3 Å². The summed E-state index contributed by atoms with van der Waals surface area (Å²) in [4.78, 5) is 15.8. The van der Waals surface area contributed by atoms with E-state index in [9.17, 15) is 9.90 Å². The summed E-state index contributed by atoms with van der Waals surface area (Å²) in [5.41, 5.74) is 0.679. The lowest BCUT2D eigenvalue weighted by molar-refractivity contribution is -0.131. The van der Waals surface area contributed by atoms with Gasteiger partial charge in [-0.2, -0.15) is 0 Å². The molecule has 0 saturated heterocycles. The van der Waals surface area contributed by atoms with Gasteiger partial charge in [0, 0.05) is 6.42 Å². The fourth-order valence-corrected chi connectivity index (χ4v) is 2.53. The van der Waals surface area contributed by atoms with E-state index in [1.807, 2.05) is 6.92 Å². The van der Waals surface area contributed by atoms with Gasteiger partial charge in [-0.05, 0) is 35.5 Å². The molecule has 0 aliphatic rings. The number of benzene rings is 1. The Balaban J connectivity index is 2.29. The number of thioether (sulfide) groups is 1. The summed E-state index contributed by atoms with van der Waals surface area (Å²) in [6, 6.07) is 5.18. The second-order valence-electron chi connectivity index (χ2n) is 4.45. The molecule has 23 heavy (non-hydrogen) atoms. The summed E-state index contributed by atoms with van der Waals surface area (Å²) in [6.07, 6.45) is 2.24. The molecule has 2 aromatic rings. The number of rotatable bonds is 7. The molecule has 0 fully saturated rings. The first-order chi connectivity index (χ1) is 11.1. The van der Waals surface area contributed by atoms with Crippen LogP contribution in [0.1, 0.15) is 18.3 Å². The number of hydrogen-bond acceptors (Lipinski definition) is 6. The summed E-state index contributed by atoms with van der Waals surface area (Å²) in [5.74, 6) is 0.772. The van der Waals surface area contributed by atoms with Gasteiger partial charge in [0.25, 0.3) is 0 Å². The lowest BCUT2D eigenvalue weighted by Crippen LogP contribution is -1.97. The number of carboxylic acid groups (broad SMARTS) is 1. The molecule has 0 atom stereocenters. The fraction of sp³-hybridized carbons (Fsp3) is 0.267. The molecule has 0 spiro atoms. The Labute approximate surface area is 137 Å². The second kappa shape index (κ2) is 7.68. The van der Waals surface area contributed by atoms with Gasteiger partial charge in [-0.1, -0.05) is 13.0 Å². The summed E-state index contributed by atoms with van der Waals surface area (Å²) in [5, 5.41) is 16.5. The largest absolute Gasteiger partial charge is 0.493 e. The van der Waals surface area contributed by atoms with Crippen molar-refractivity contribution in [3.63, 3.8) is 0 Å². The third-order valence-corrected chi connectivity index (χ3v) is 3.84. The Morgan fingerprint density at radius 2 is 2.09 bits per heavy atom. The van der Waals surface area contributed by atoms with Crippen LogP contribution in [-0.2, 0) is 11.2 Å². The van der Waals surface area contributed by atoms with Crippen LogP contribution in [0, 0.1) is 0 Å². The van der Waals surface area contributed by atoms with Crippen molar-refractivity contribution in [3.8, 4) is 11.5 Å². The molecule has 2 rings (SSSR count). The number of carboxylic acids is 1. The lowest BCUT2D eigenvalue weighted by Gasteiger charge is -2.08. The SMILES string of the molecule is CCc1nc(S/C(=C\c2ccc(OC)c(OC)c2)C(=O)O)n[nH]1. The maximum absolute atomic E-state index is 11.5. The molecule has 1 aromatic carbocycles. The van der Waals surface area contributed by atoms with Crippen molar-refractivity contribution in [1.82, 2.24) is 15.2 Å². The van der Waals surface area contributed by atoms with Crippen molar-refractivity contribution >= 4 is 23.8 Å². The minimum atomic E-state index is -1.05. The maximum atomic E-state index is 11.5. The predicted molar refractivity (Wildman–Crippen MR) is 86.8 cm³/mol. The zero-order valence-corrected chi connectivity index (χ0v) is 13.8. The molecular weight excluding hydrogens is 318 g/mol. The van der Waals surface area contributed by atoms with Gasteiger partial charge in [-0.3, -0.25) is 5.10 Å². The first kappa shape index (κ1) is 16.9. The lowest BCUT2D eigenvalue weighted by atomic mass is 10.2. The Morgan fingerprint density at radius 1 is 1.35 bits per heavy atom. The molecule has 1 heterocycles. The van der Waals surface area contributed by atoms with Crippen molar-refractivity contribution in [1.29, 1.82) is 0 Å². The van der Waals surface area contributed by atoms with Crippen LogP contribution in [0.4, 0.5) is 0 Å². The van der Waals surface area contributed by atoms with Crippen LogP contribution in [0.3, 0.4) is 0 Å². The van der Waals surface area contributed by atoms with Crippen LogP contribution >= 0.6 is 11.8 Å². The molecule has 2 N–H and O–H groups in total. The smallest absolute Gasteiger partial charge is 0.342 e. The van der Waals surface area contributed by atoms with Crippen LogP contribution in [0.25, 0.3) is 6.08 Å². The zero-order valence-electron chi connectivity index (χ0n) is 13.0. The van der Waals surface area contributed by atoms with Crippen LogP contribution in [0.2, 0.25) is 0 Å². The van der Waals surface area contributed by atoms with Gasteiger partial charge >= 0.3 is 5.97 Å². The number of carbonyl (C=O) groups is 1. The van der Waals surface area contributed by atoms with E-state index in [1.165, 1.54) is 13.2 Å². The van der Waals surface area contributed by atoms with Gasteiger partial charge in [0.2, 0.25) is 5.16 Å². The summed E-state index contributed by atoms with van der Waals surface area (Å²) in [7, 11) is 3.07. The van der Waals surface area contributed by atoms with Gasteiger partial charge in [0.05, 0.1) is 14.2 Å². The van der Waals surface area contributed by atoms with E-state index in [2.05, 4.69) is 15.2 Å².